The quantitative estimate of drug-likeness (QED) is 0.498. The van der Waals surface area contributed by atoms with Gasteiger partial charge in [0, 0.05) is 0 Å². The van der Waals surface area contributed by atoms with Crippen LogP contribution in [0, 0.1) is 5.82 Å². The first-order chi connectivity index (χ1) is 9.54. The minimum atomic E-state index is -4.86. The molecular weight excluding hydrogens is 309 g/mol. The van der Waals surface area contributed by atoms with Crippen molar-refractivity contribution in [3.05, 3.63) is 35.1 Å². The van der Waals surface area contributed by atoms with E-state index in [1.165, 1.54) is 0 Å². The Morgan fingerprint density at radius 3 is 2.19 bits per heavy atom. The zero-order valence-electron chi connectivity index (χ0n) is 10.4. The van der Waals surface area contributed by atoms with Crippen LogP contribution in [0.15, 0.2) is 18.2 Å². The van der Waals surface area contributed by atoms with E-state index in [2.05, 4.69) is 4.74 Å². The van der Waals surface area contributed by atoms with E-state index in [1.807, 2.05) is 5.43 Å². The number of ether oxygens (including phenoxy) is 1. The summed E-state index contributed by atoms with van der Waals surface area (Å²) in [6.07, 6.45) is -9.41. The zero-order chi connectivity index (χ0) is 16.3. The van der Waals surface area contributed by atoms with E-state index in [0.29, 0.717) is 12.1 Å². The third-order valence-electron chi connectivity index (χ3n) is 2.45. The van der Waals surface area contributed by atoms with Crippen molar-refractivity contribution < 1.29 is 35.5 Å². The highest BCUT2D eigenvalue weighted by atomic mass is 19.4. The molecule has 0 fully saturated rings. The highest BCUT2D eigenvalue weighted by molar-refractivity contribution is 5.28. The van der Waals surface area contributed by atoms with E-state index in [1.54, 1.807) is 0 Å². The SMILES string of the molecule is NNC(COCC(F)(F)F)c1ccc(C(F)(F)F)c(F)c1. The summed E-state index contributed by atoms with van der Waals surface area (Å²) in [5, 5.41) is 0. The molecule has 1 atom stereocenters. The second kappa shape index (κ2) is 6.58. The number of rotatable bonds is 5. The lowest BCUT2D eigenvalue weighted by Crippen LogP contribution is -2.33. The molecule has 0 aromatic heterocycles. The number of hydrogen-bond acceptors (Lipinski definition) is 3. The molecule has 0 saturated carbocycles. The van der Waals surface area contributed by atoms with Crippen LogP contribution in [0.3, 0.4) is 0 Å². The first-order valence-electron chi connectivity index (χ1n) is 5.52. The standard InChI is InChI=1S/C11H11F7N2O/c12-8-3-6(1-2-7(8)11(16,17)18)9(20-19)4-21-5-10(13,14)15/h1-3,9,20H,4-5,19H2. The Hall–Kier alpha value is -1.39. The van der Waals surface area contributed by atoms with Crippen LogP contribution in [0.2, 0.25) is 0 Å². The number of nitrogens with one attached hydrogen (secondary N) is 1. The van der Waals surface area contributed by atoms with Gasteiger partial charge in [-0.1, -0.05) is 6.07 Å². The molecule has 3 nitrogen and oxygen atoms in total. The fourth-order valence-electron chi connectivity index (χ4n) is 1.51. The molecule has 1 rings (SSSR count). The van der Waals surface area contributed by atoms with Crippen molar-refractivity contribution >= 4 is 0 Å². The summed E-state index contributed by atoms with van der Waals surface area (Å²) in [6.45, 7) is -2.13. The Morgan fingerprint density at radius 2 is 1.76 bits per heavy atom. The second-order valence-corrected chi connectivity index (χ2v) is 4.09. The summed E-state index contributed by atoms with van der Waals surface area (Å²) in [5.74, 6) is 3.53. The molecule has 120 valence electrons. The van der Waals surface area contributed by atoms with E-state index in [9.17, 15) is 30.7 Å². The fraction of sp³-hybridized carbons (Fsp3) is 0.455. The second-order valence-electron chi connectivity index (χ2n) is 4.09. The third-order valence-corrected chi connectivity index (χ3v) is 2.45. The highest BCUT2D eigenvalue weighted by Crippen LogP contribution is 2.32. The molecule has 1 aromatic carbocycles. The molecule has 0 aliphatic carbocycles. The highest BCUT2D eigenvalue weighted by Gasteiger charge is 2.34. The van der Waals surface area contributed by atoms with E-state index < -0.39 is 43.0 Å². The van der Waals surface area contributed by atoms with Crippen molar-refractivity contribution in [1.29, 1.82) is 0 Å². The Kier molecular flexibility index (Phi) is 5.54. The van der Waals surface area contributed by atoms with Crippen LogP contribution < -0.4 is 11.3 Å². The van der Waals surface area contributed by atoms with Gasteiger partial charge in [-0.3, -0.25) is 11.3 Å². The van der Waals surface area contributed by atoms with E-state index in [-0.39, 0.29) is 5.56 Å². The summed E-state index contributed by atoms with van der Waals surface area (Å²) in [4.78, 5) is 0. The van der Waals surface area contributed by atoms with Crippen LogP contribution in [-0.2, 0) is 10.9 Å². The molecule has 1 aromatic rings. The van der Waals surface area contributed by atoms with Gasteiger partial charge < -0.3 is 4.74 Å². The molecule has 21 heavy (non-hydrogen) atoms. The Balaban J connectivity index is 2.80. The lowest BCUT2D eigenvalue weighted by atomic mass is 10.0. The summed E-state index contributed by atoms with van der Waals surface area (Å²) in [6, 6.07) is 0.861. The summed E-state index contributed by atoms with van der Waals surface area (Å²) in [7, 11) is 0. The molecule has 1 unspecified atom stereocenters. The Morgan fingerprint density at radius 1 is 1.14 bits per heavy atom. The molecule has 0 heterocycles. The predicted molar refractivity (Wildman–Crippen MR) is 58.3 cm³/mol. The largest absolute Gasteiger partial charge is 0.419 e. The third kappa shape index (κ3) is 5.48. The maximum Gasteiger partial charge on any atom is 0.419 e. The van der Waals surface area contributed by atoms with Gasteiger partial charge in [0.15, 0.2) is 0 Å². The maximum atomic E-state index is 13.3. The molecular formula is C11H11F7N2O. The summed E-state index contributed by atoms with van der Waals surface area (Å²) < 4.78 is 90.5. The van der Waals surface area contributed by atoms with Gasteiger partial charge in [-0.15, -0.1) is 0 Å². The number of nitrogens with two attached hydrogens (primary N) is 1. The first-order valence-corrected chi connectivity index (χ1v) is 5.52. The van der Waals surface area contributed by atoms with E-state index >= 15 is 0 Å². The maximum absolute atomic E-state index is 13.3. The van der Waals surface area contributed by atoms with Crippen LogP contribution in [0.4, 0.5) is 30.7 Å². The molecule has 10 heteroatoms. The average Bonchev–Trinajstić information content (AvgIpc) is 2.31. The molecule has 0 bridgehead atoms. The van der Waals surface area contributed by atoms with Crippen LogP contribution >= 0.6 is 0 Å². The molecule has 0 spiro atoms. The topological polar surface area (TPSA) is 47.3 Å². The van der Waals surface area contributed by atoms with Crippen LogP contribution in [0.1, 0.15) is 17.2 Å². The van der Waals surface area contributed by atoms with Gasteiger partial charge in [-0.05, 0) is 17.7 Å². The minimum Gasteiger partial charge on any atom is -0.370 e. The van der Waals surface area contributed by atoms with E-state index in [4.69, 9.17) is 5.84 Å². The monoisotopic (exact) mass is 320 g/mol. The Labute approximate surface area is 114 Å². The molecule has 3 N–H and O–H groups in total. The van der Waals surface area contributed by atoms with Crippen molar-refractivity contribution in [2.24, 2.45) is 5.84 Å². The van der Waals surface area contributed by atoms with Gasteiger partial charge in [0.05, 0.1) is 18.2 Å². The number of hydrogen-bond donors (Lipinski definition) is 2. The number of hydrazine groups is 1. The van der Waals surface area contributed by atoms with Crippen molar-refractivity contribution in [2.75, 3.05) is 13.2 Å². The smallest absolute Gasteiger partial charge is 0.370 e. The number of halogens is 7. The van der Waals surface area contributed by atoms with Gasteiger partial charge in [-0.2, -0.15) is 26.3 Å². The van der Waals surface area contributed by atoms with Crippen molar-refractivity contribution in [1.82, 2.24) is 5.43 Å². The van der Waals surface area contributed by atoms with Crippen molar-refractivity contribution in [2.45, 2.75) is 18.4 Å². The number of alkyl halides is 6. The van der Waals surface area contributed by atoms with Gasteiger partial charge in [0.2, 0.25) is 0 Å². The van der Waals surface area contributed by atoms with Crippen LogP contribution in [0.25, 0.3) is 0 Å². The van der Waals surface area contributed by atoms with E-state index in [0.717, 1.165) is 6.07 Å². The predicted octanol–water partition coefficient (Wildman–Crippen LogP) is 2.93. The molecule has 0 radical (unpaired) electrons. The Bertz CT molecular complexity index is 473. The lowest BCUT2D eigenvalue weighted by molar-refractivity contribution is -0.175. The average molecular weight is 320 g/mol. The van der Waals surface area contributed by atoms with Gasteiger partial charge in [0.25, 0.3) is 0 Å². The number of benzene rings is 1. The van der Waals surface area contributed by atoms with Crippen molar-refractivity contribution in [3.8, 4) is 0 Å². The normalized spacial score (nSPS) is 14.3. The van der Waals surface area contributed by atoms with Gasteiger partial charge in [-0.25, -0.2) is 4.39 Å². The first kappa shape index (κ1) is 17.7. The lowest BCUT2D eigenvalue weighted by Gasteiger charge is -2.18. The van der Waals surface area contributed by atoms with Crippen LogP contribution in [0.5, 0.6) is 0 Å². The van der Waals surface area contributed by atoms with Crippen LogP contribution in [-0.4, -0.2) is 19.4 Å². The molecule has 0 amide bonds. The molecule has 0 aliphatic rings. The fourth-order valence-corrected chi connectivity index (χ4v) is 1.51. The van der Waals surface area contributed by atoms with Gasteiger partial charge in [0.1, 0.15) is 12.4 Å². The van der Waals surface area contributed by atoms with Crippen molar-refractivity contribution in [3.63, 3.8) is 0 Å². The summed E-state index contributed by atoms with van der Waals surface area (Å²) >= 11 is 0. The van der Waals surface area contributed by atoms with Gasteiger partial charge >= 0.3 is 12.4 Å². The molecule has 0 saturated heterocycles. The zero-order valence-corrected chi connectivity index (χ0v) is 10.4. The summed E-state index contributed by atoms with van der Waals surface area (Å²) in [5.41, 5.74) is 0.511. The minimum absolute atomic E-state index is 0.0647. The molecule has 0 aliphatic heterocycles.